The molecule has 98 valence electrons. The van der Waals surface area contributed by atoms with Crippen LogP contribution in [0, 0.1) is 5.82 Å². The fraction of sp³-hybridized carbons (Fsp3) is 0.462. The average molecular weight is 270 g/mol. The molecule has 0 bridgehead atoms. The van der Waals surface area contributed by atoms with Gasteiger partial charge in [0.2, 0.25) is 0 Å². The van der Waals surface area contributed by atoms with Crippen molar-refractivity contribution in [3.8, 4) is 0 Å². The van der Waals surface area contributed by atoms with Gasteiger partial charge in [-0.05, 0) is 37.5 Å². The maximum Gasteiger partial charge on any atom is 0.335 e. The van der Waals surface area contributed by atoms with Crippen molar-refractivity contribution in [2.24, 2.45) is 0 Å². The number of aromatic carboxylic acids is 1. The molecule has 0 saturated carbocycles. The molecule has 1 fully saturated rings. The number of carboxylic acid groups (broad SMARTS) is 1. The summed E-state index contributed by atoms with van der Waals surface area (Å²) < 4.78 is 19.0. The predicted molar refractivity (Wildman–Crippen MR) is 67.7 cm³/mol. The Balaban J connectivity index is 1.91. The van der Waals surface area contributed by atoms with E-state index in [-0.39, 0.29) is 17.5 Å². The van der Waals surface area contributed by atoms with Crippen LogP contribution < -0.4 is 0 Å². The molecule has 0 amide bonds. The third-order valence-corrected chi connectivity index (χ3v) is 3.96. The van der Waals surface area contributed by atoms with Crippen LogP contribution >= 0.6 is 11.8 Å². The van der Waals surface area contributed by atoms with E-state index < -0.39 is 5.97 Å². The van der Waals surface area contributed by atoms with Gasteiger partial charge in [-0.1, -0.05) is 0 Å². The van der Waals surface area contributed by atoms with Gasteiger partial charge in [0.15, 0.2) is 0 Å². The van der Waals surface area contributed by atoms with Crippen LogP contribution in [0.5, 0.6) is 0 Å². The fourth-order valence-electron chi connectivity index (χ4n) is 1.92. The zero-order chi connectivity index (χ0) is 13.0. The molecule has 0 radical (unpaired) electrons. The molecule has 0 aliphatic carbocycles. The van der Waals surface area contributed by atoms with Crippen molar-refractivity contribution >= 4 is 17.7 Å². The lowest BCUT2D eigenvalue weighted by atomic mass is 10.2. The Morgan fingerprint density at radius 1 is 1.56 bits per heavy atom. The zero-order valence-corrected chi connectivity index (χ0v) is 10.7. The molecule has 1 heterocycles. The van der Waals surface area contributed by atoms with Crippen molar-refractivity contribution in [1.29, 1.82) is 0 Å². The number of hydrogen-bond donors (Lipinski definition) is 1. The summed E-state index contributed by atoms with van der Waals surface area (Å²) in [6, 6.07) is 3.87. The molecule has 2 rings (SSSR count). The van der Waals surface area contributed by atoms with E-state index in [1.807, 2.05) is 0 Å². The molecular weight excluding hydrogens is 255 g/mol. The van der Waals surface area contributed by atoms with E-state index in [9.17, 15) is 9.18 Å². The molecule has 5 heteroatoms. The summed E-state index contributed by atoms with van der Waals surface area (Å²) in [5.74, 6) is -0.654. The van der Waals surface area contributed by atoms with Gasteiger partial charge >= 0.3 is 5.97 Å². The van der Waals surface area contributed by atoms with E-state index in [0.717, 1.165) is 31.6 Å². The van der Waals surface area contributed by atoms with Crippen LogP contribution in [0.3, 0.4) is 0 Å². The lowest BCUT2D eigenvalue weighted by Crippen LogP contribution is -2.05. The van der Waals surface area contributed by atoms with Crippen molar-refractivity contribution in [2.75, 3.05) is 12.4 Å². The van der Waals surface area contributed by atoms with Crippen molar-refractivity contribution < 1.29 is 19.0 Å². The summed E-state index contributed by atoms with van der Waals surface area (Å²) in [5.41, 5.74) is 0.121. The molecule has 0 aromatic heterocycles. The monoisotopic (exact) mass is 270 g/mol. The first-order valence-corrected chi connectivity index (χ1v) is 6.92. The van der Waals surface area contributed by atoms with Crippen LogP contribution in [0.2, 0.25) is 0 Å². The number of benzene rings is 1. The third-order valence-electron chi connectivity index (χ3n) is 2.90. The average Bonchev–Trinajstić information content (AvgIpc) is 2.84. The highest BCUT2D eigenvalue weighted by molar-refractivity contribution is 7.99. The van der Waals surface area contributed by atoms with E-state index in [2.05, 4.69) is 0 Å². The van der Waals surface area contributed by atoms with Crippen LogP contribution in [-0.2, 0) is 4.74 Å². The number of ether oxygens (including phenoxy) is 1. The number of halogens is 1. The number of carboxylic acids is 1. The summed E-state index contributed by atoms with van der Waals surface area (Å²) in [6.45, 7) is 0.818. The molecule has 1 aliphatic rings. The molecule has 3 nitrogen and oxygen atoms in total. The molecule has 1 N–H and O–H groups in total. The van der Waals surface area contributed by atoms with Crippen LogP contribution in [0.1, 0.15) is 29.6 Å². The van der Waals surface area contributed by atoms with Crippen LogP contribution in [0.4, 0.5) is 4.39 Å². The van der Waals surface area contributed by atoms with Gasteiger partial charge in [0.25, 0.3) is 0 Å². The summed E-state index contributed by atoms with van der Waals surface area (Å²) in [4.78, 5) is 11.2. The van der Waals surface area contributed by atoms with Gasteiger partial charge in [0.1, 0.15) is 5.82 Å². The summed E-state index contributed by atoms with van der Waals surface area (Å²) in [7, 11) is 0. The number of rotatable bonds is 5. The van der Waals surface area contributed by atoms with Crippen molar-refractivity contribution in [3.05, 3.63) is 29.6 Å². The molecule has 1 atom stereocenters. The lowest BCUT2D eigenvalue weighted by Gasteiger charge is -2.09. The van der Waals surface area contributed by atoms with Crippen molar-refractivity contribution in [1.82, 2.24) is 0 Å². The van der Waals surface area contributed by atoms with E-state index in [1.165, 1.54) is 30.0 Å². The highest BCUT2D eigenvalue weighted by Gasteiger charge is 2.15. The molecule has 1 unspecified atom stereocenters. The Morgan fingerprint density at radius 3 is 3.06 bits per heavy atom. The second-order valence-electron chi connectivity index (χ2n) is 4.22. The first kappa shape index (κ1) is 13.4. The smallest absolute Gasteiger partial charge is 0.335 e. The highest BCUT2D eigenvalue weighted by Crippen LogP contribution is 2.26. The SMILES string of the molecule is O=C(O)c1ccc(F)c(SCCC2CCCO2)c1. The highest BCUT2D eigenvalue weighted by atomic mass is 32.2. The second-order valence-corrected chi connectivity index (χ2v) is 5.36. The maximum absolute atomic E-state index is 13.5. The fourth-order valence-corrected chi connectivity index (χ4v) is 2.94. The quantitative estimate of drug-likeness (QED) is 0.835. The Kier molecular flexibility index (Phi) is 4.60. The molecular formula is C13H15FO3S. The van der Waals surface area contributed by atoms with E-state index in [4.69, 9.17) is 9.84 Å². The van der Waals surface area contributed by atoms with E-state index >= 15 is 0 Å². The van der Waals surface area contributed by atoms with Gasteiger partial charge in [-0.25, -0.2) is 9.18 Å². The second kappa shape index (κ2) is 6.20. The van der Waals surface area contributed by atoms with Gasteiger partial charge in [-0.2, -0.15) is 0 Å². The van der Waals surface area contributed by atoms with Gasteiger partial charge < -0.3 is 9.84 Å². The van der Waals surface area contributed by atoms with E-state index in [1.54, 1.807) is 0 Å². The summed E-state index contributed by atoms with van der Waals surface area (Å²) in [5, 5.41) is 8.85. The lowest BCUT2D eigenvalue weighted by molar-refractivity contribution is 0.0696. The van der Waals surface area contributed by atoms with Gasteiger partial charge in [0.05, 0.1) is 11.7 Å². The minimum Gasteiger partial charge on any atom is -0.478 e. The predicted octanol–water partition coefficient (Wildman–Crippen LogP) is 3.19. The molecule has 1 aromatic carbocycles. The maximum atomic E-state index is 13.5. The van der Waals surface area contributed by atoms with Crippen molar-refractivity contribution in [3.63, 3.8) is 0 Å². The molecule has 1 saturated heterocycles. The standard InChI is InChI=1S/C13H15FO3S/c14-11-4-3-9(13(15)16)8-12(11)18-7-5-10-2-1-6-17-10/h3-4,8,10H,1-2,5-7H2,(H,15,16). The number of carbonyl (C=O) groups is 1. The minimum atomic E-state index is -1.03. The first-order valence-electron chi connectivity index (χ1n) is 5.94. The zero-order valence-electron chi connectivity index (χ0n) is 9.89. The first-order chi connectivity index (χ1) is 8.66. The molecule has 0 spiro atoms. The van der Waals surface area contributed by atoms with Gasteiger partial charge in [-0.3, -0.25) is 0 Å². The van der Waals surface area contributed by atoms with Crippen LogP contribution in [0.15, 0.2) is 23.1 Å². The van der Waals surface area contributed by atoms with Crippen LogP contribution in [-0.4, -0.2) is 29.5 Å². The normalized spacial score (nSPS) is 19.1. The number of hydrogen-bond acceptors (Lipinski definition) is 3. The minimum absolute atomic E-state index is 0.121. The largest absolute Gasteiger partial charge is 0.478 e. The van der Waals surface area contributed by atoms with Crippen LogP contribution in [0.25, 0.3) is 0 Å². The molecule has 18 heavy (non-hydrogen) atoms. The Labute approximate surface area is 109 Å². The number of thioether (sulfide) groups is 1. The molecule has 1 aromatic rings. The summed E-state index contributed by atoms with van der Waals surface area (Å²) >= 11 is 1.35. The Morgan fingerprint density at radius 2 is 2.39 bits per heavy atom. The topological polar surface area (TPSA) is 46.5 Å². The van der Waals surface area contributed by atoms with Gasteiger partial charge in [0, 0.05) is 17.3 Å². The Hall–Kier alpha value is -1.07. The summed E-state index contributed by atoms with van der Waals surface area (Å²) in [6.07, 6.45) is 3.32. The van der Waals surface area contributed by atoms with Gasteiger partial charge in [-0.15, -0.1) is 11.8 Å². The van der Waals surface area contributed by atoms with Crippen molar-refractivity contribution in [2.45, 2.75) is 30.3 Å². The van der Waals surface area contributed by atoms with E-state index in [0.29, 0.717) is 4.90 Å². The Bertz CT molecular complexity index is 430. The molecule has 1 aliphatic heterocycles. The third kappa shape index (κ3) is 3.46.